The van der Waals surface area contributed by atoms with Crippen molar-refractivity contribution in [1.82, 2.24) is 4.90 Å². The number of halogens is 1. The van der Waals surface area contributed by atoms with E-state index >= 15 is 0 Å². The van der Waals surface area contributed by atoms with E-state index in [1.165, 1.54) is 4.90 Å². The molecule has 0 radical (unpaired) electrons. The van der Waals surface area contributed by atoms with Crippen molar-refractivity contribution in [2.45, 2.75) is 44.2 Å². The molecule has 1 N–H and O–H groups in total. The van der Waals surface area contributed by atoms with Crippen molar-refractivity contribution < 1.29 is 9.59 Å². The molecule has 0 spiro atoms. The van der Waals surface area contributed by atoms with Gasteiger partial charge in [-0.3, -0.25) is 14.5 Å². The first kappa shape index (κ1) is 13.9. The third kappa shape index (κ3) is 2.55. The summed E-state index contributed by atoms with van der Waals surface area (Å²) in [6, 6.07) is 7.55. The normalized spacial score (nSPS) is 23.6. The van der Waals surface area contributed by atoms with Crippen LogP contribution in [-0.2, 0) is 9.59 Å². The minimum atomic E-state index is -0.404. The zero-order valence-corrected chi connectivity index (χ0v) is 13.3. The summed E-state index contributed by atoms with van der Waals surface area (Å²) >= 11 is 2.23. The average molecular weight is 384 g/mol. The highest BCUT2D eigenvalue weighted by Gasteiger charge is 2.43. The molecule has 0 aromatic heterocycles. The van der Waals surface area contributed by atoms with Gasteiger partial charge in [-0.25, -0.2) is 0 Å². The lowest BCUT2D eigenvalue weighted by Gasteiger charge is -2.22. The minimum Gasteiger partial charge on any atom is -0.372 e. The lowest BCUT2D eigenvalue weighted by Crippen LogP contribution is -2.41. The predicted octanol–water partition coefficient (Wildman–Crippen LogP) is 2.77. The number of anilines is 1. The quantitative estimate of drug-likeness (QED) is 0.644. The van der Waals surface area contributed by atoms with E-state index in [0.29, 0.717) is 0 Å². The van der Waals surface area contributed by atoms with Crippen LogP contribution in [0.25, 0.3) is 0 Å². The highest BCUT2D eigenvalue weighted by molar-refractivity contribution is 14.1. The van der Waals surface area contributed by atoms with Gasteiger partial charge < -0.3 is 5.32 Å². The Kier molecular flexibility index (Phi) is 3.96. The number of amides is 2. The van der Waals surface area contributed by atoms with Gasteiger partial charge in [0.15, 0.2) is 0 Å². The number of hydrogen-bond donors (Lipinski definition) is 1. The van der Waals surface area contributed by atoms with Crippen LogP contribution in [-0.4, -0.2) is 28.8 Å². The Hall–Kier alpha value is -1.11. The van der Waals surface area contributed by atoms with Gasteiger partial charge in [-0.05, 0) is 47.6 Å². The Balaban J connectivity index is 1.74. The molecule has 106 valence electrons. The summed E-state index contributed by atoms with van der Waals surface area (Å²) in [5.41, 5.74) is 0.924. The lowest BCUT2D eigenvalue weighted by molar-refractivity contribution is -0.141. The Bertz CT molecular complexity index is 540. The van der Waals surface area contributed by atoms with Gasteiger partial charge in [0, 0.05) is 15.3 Å². The number of nitrogens with one attached hydrogen (secondary N) is 1. The van der Waals surface area contributed by atoms with E-state index in [2.05, 4.69) is 27.9 Å². The third-order valence-electron chi connectivity index (χ3n) is 4.08. The number of benzene rings is 1. The van der Waals surface area contributed by atoms with Crippen LogP contribution in [0.4, 0.5) is 5.69 Å². The molecule has 2 fully saturated rings. The molecule has 3 rings (SSSR count). The van der Waals surface area contributed by atoms with Crippen molar-refractivity contribution in [3.05, 3.63) is 27.8 Å². The van der Waals surface area contributed by atoms with Crippen LogP contribution < -0.4 is 5.32 Å². The monoisotopic (exact) mass is 384 g/mol. The van der Waals surface area contributed by atoms with Gasteiger partial charge in [0.2, 0.25) is 5.91 Å². The molecule has 1 unspecified atom stereocenters. The molecule has 0 bridgehead atoms. The van der Waals surface area contributed by atoms with Gasteiger partial charge >= 0.3 is 0 Å². The largest absolute Gasteiger partial charge is 0.372 e. The Morgan fingerprint density at radius 2 is 1.85 bits per heavy atom. The number of likely N-dealkylation sites (tertiary alicyclic amines) is 1. The average Bonchev–Trinajstić information content (AvgIpc) is 3.02. The molecule has 2 aliphatic rings. The summed E-state index contributed by atoms with van der Waals surface area (Å²) in [5.74, 6) is -0.0770. The molecular formula is C15H17IN2O2. The number of imide groups is 1. The molecule has 1 aromatic carbocycles. The number of carbonyl (C=O) groups excluding carboxylic acids is 2. The van der Waals surface area contributed by atoms with Crippen LogP contribution in [0.15, 0.2) is 24.3 Å². The first-order valence-corrected chi connectivity index (χ1v) is 8.11. The zero-order chi connectivity index (χ0) is 14.1. The summed E-state index contributed by atoms with van der Waals surface area (Å²) in [5, 5.41) is 3.22. The molecule has 5 heteroatoms. The Morgan fingerprint density at radius 3 is 2.55 bits per heavy atom. The second-order valence-corrected chi connectivity index (χ2v) is 6.58. The fourth-order valence-corrected chi connectivity index (χ4v) is 3.62. The van der Waals surface area contributed by atoms with Crippen LogP contribution in [0, 0.1) is 3.57 Å². The number of para-hydroxylation sites is 1. The van der Waals surface area contributed by atoms with E-state index in [4.69, 9.17) is 0 Å². The number of hydrogen-bond acceptors (Lipinski definition) is 3. The lowest BCUT2D eigenvalue weighted by atomic mass is 10.2. The van der Waals surface area contributed by atoms with E-state index in [9.17, 15) is 9.59 Å². The van der Waals surface area contributed by atoms with Crippen molar-refractivity contribution in [2.24, 2.45) is 0 Å². The summed E-state index contributed by atoms with van der Waals surface area (Å²) in [4.78, 5) is 26.1. The predicted molar refractivity (Wildman–Crippen MR) is 85.3 cm³/mol. The summed E-state index contributed by atoms with van der Waals surface area (Å²) < 4.78 is 1.06. The fourth-order valence-electron chi connectivity index (χ4n) is 3.08. The van der Waals surface area contributed by atoms with E-state index in [0.717, 1.165) is 34.9 Å². The first-order valence-electron chi connectivity index (χ1n) is 7.04. The third-order valence-corrected chi connectivity index (χ3v) is 5.02. The molecule has 2 amide bonds. The minimum absolute atomic E-state index is 0.0228. The summed E-state index contributed by atoms with van der Waals surface area (Å²) in [6.07, 6.45) is 4.45. The van der Waals surface area contributed by atoms with Crippen molar-refractivity contribution >= 4 is 40.1 Å². The zero-order valence-electron chi connectivity index (χ0n) is 11.1. The van der Waals surface area contributed by atoms with E-state index in [1.807, 2.05) is 24.3 Å². The molecule has 4 nitrogen and oxygen atoms in total. The second kappa shape index (κ2) is 5.71. The molecule has 1 heterocycles. The van der Waals surface area contributed by atoms with E-state index in [1.54, 1.807) is 0 Å². The topological polar surface area (TPSA) is 49.4 Å². The number of carbonyl (C=O) groups is 2. The number of nitrogens with zero attached hydrogens (tertiary/aromatic N) is 1. The van der Waals surface area contributed by atoms with Crippen molar-refractivity contribution in [3.8, 4) is 0 Å². The smallest absolute Gasteiger partial charge is 0.252 e. The molecule has 1 atom stereocenters. The maximum absolute atomic E-state index is 12.5. The maximum atomic E-state index is 12.5. The van der Waals surface area contributed by atoms with Crippen molar-refractivity contribution in [1.29, 1.82) is 0 Å². The van der Waals surface area contributed by atoms with Crippen LogP contribution >= 0.6 is 22.6 Å². The van der Waals surface area contributed by atoms with Gasteiger partial charge in [-0.2, -0.15) is 0 Å². The van der Waals surface area contributed by atoms with Crippen LogP contribution in [0.5, 0.6) is 0 Å². The van der Waals surface area contributed by atoms with Crippen LogP contribution in [0.3, 0.4) is 0 Å². The highest BCUT2D eigenvalue weighted by Crippen LogP contribution is 2.29. The summed E-state index contributed by atoms with van der Waals surface area (Å²) in [7, 11) is 0. The molecule has 20 heavy (non-hydrogen) atoms. The molecule has 1 saturated heterocycles. The van der Waals surface area contributed by atoms with Crippen molar-refractivity contribution in [2.75, 3.05) is 5.32 Å². The van der Waals surface area contributed by atoms with Crippen LogP contribution in [0.2, 0.25) is 0 Å². The van der Waals surface area contributed by atoms with Gasteiger partial charge in [-0.15, -0.1) is 0 Å². The summed E-state index contributed by atoms with van der Waals surface area (Å²) in [6.45, 7) is 0. The van der Waals surface area contributed by atoms with Gasteiger partial charge in [0.1, 0.15) is 6.04 Å². The molecule has 1 aliphatic carbocycles. The Labute approximate surface area is 132 Å². The number of rotatable bonds is 3. The molecule has 1 aliphatic heterocycles. The SMILES string of the molecule is O=C1CC(Nc2ccccc2I)C(=O)N1C1CCCC1. The van der Waals surface area contributed by atoms with Gasteiger partial charge in [-0.1, -0.05) is 25.0 Å². The highest BCUT2D eigenvalue weighted by atomic mass is 127. The molecular weight excluding hydrogens is 367 g/mol. The van der Waals surface area contributed by atoms with Crippen molar-refractivity contribution in [3.63, 3.8) is 0 Å². The van der Waals surface area contributed by atoms with Gasteiger partial charge in [0.05, 0.1) is 6.42 Å². The van der Waals surface area contributed by atoms with E-state index in [-0.39, 0.29) is 24.3 Å². The molecule has 1 saturated carbocycles. The fraction of sp³-hybridized carbons (Fsp3) is 0.467. The standard InChI is InChI=1S/C15H17IN2O2/c16-11-7-3-4-8-12(11)17-13-9-14(19)18(15(13)20)10-5-1-2-6-10/h3-4,7-8,10,13,17H,1-2,5-6,9H2. The van der Waals surface area contributed by atoms with Gasteiger partial charge in [0.25, 0.3) is 5.91 Å². The van der Waals surface area contributed by atoms with Crippen LogP contribution in [0.1, 0.15) is 32.1 Å². The second-order valence-electron chi connectivity index (χ2n) is 5.42. The molecule has 1 aromatic rings. The Morgan fingerprint density at radius 1 is 1.15 bits per heavy atom. The first-order chi connectivity index (χ1) is 9.66. The maximum Gasteiger partial charge on any atom is 0.252 e. The van der Waals surface area contributed by atoms with E-state index < -0.39 is 6.04 Å².